The molecule has 3 N–H and O–H groups in total. The Morgan fingerprint density at radius 2 is 1.76 bits per heavy atom. The molecule has 0 aliphatic carbocycles. The molecule has 0 aliphatic rings. The van der Waals surface area contributed by atoms with Gasteiger partial charge in [-0.3, -0.25) is 0 Å². The van der Waals surface area contributed by atoms with E-state index in [1.165, 1.54) is 11.1 Å². The molecule has 3 atom stereocenters. The number of aryl methyl sites for hydroxylation is 2. The largest absolute Gasteiger partial charge is 0.392 e. The van der Waals surface area contributed by atoms with Crippen molar-refractivity contribution in [3.8, 4) is 0 Å². The molecule has 0 saturated carbocycles. The van der Waals surface area contributed by atoms with Crippen molar-refractivity contribution >= 4 is 0 Å². The second kappa shape index (κ2) is 6.15. The molecular formula is C14H23NO2. The average molecular weight is 237 g/mol. The van der Waals surface area contributed by atoms with Gasteiger partial charge in [-0.2, -0.15) is 0 Å². The van der Waals surface area contributed by atoms with Gasteiger partial charge < -0.3 is 15.5 Å². The zero-order valence-corrected chi connectivity index (χ0v) is 11.1. The summed E-state index contributed by atoms with van der Waals surface area (Å²) < 4.78 is 0. The third-order valence-corrected chi connectivity index (χ3v) is 3.08. The van der Waals surface area contributed by atoms with Gasteiger partial charge in [-0.05, 0) is 44.4 Å². The maximum atomic E-state index is 10.2. The Morgan fingerprint density at radius 1 is 1.12 bits per heavy atom. The minimum absolute atomic E-state index is 0.0771. The minimum Gasteiger partial charge on any atom is -0.392 e. The SMILES string of the molecule is Cc1ccc(C(O)C(C)NCC(C)O)cc1C. The summed E-state index contributed by atoms with van der Waals surface area (Å²) in [7, 11) is 0. The Kier molecular flexibility index (Phi) is 5.12. The molecule has 0 aromatic heterocycles. The van der Waals surface area contributed by atoms with Crippen LogP contribution in [0.1, 0.15) is 36.6 Å². The molecule has 17 heavy (non-hydrogen) atoms. The topological polar surface area (TPSA) is 52.5 Å². The van der Waals surface area contributed by atoms with Crippen molar-refractivity contribution in [2.24, 2.45) is 0 Å². The summed E-state index contributed by atoms with van der Waals surface area (Å²) in [4.78, 5) is 0. The van der Waals surface area contributed by atoms with Crippen LogP contribution in [0.5, 0.6) is 0 Å². The Hall–Kier alpha value is -0.900. The van der Waals surface area contributed by atoms with Crippen molar-refractivity contribution in [2.45, 2.75) is 45.9 Å². The smallest absolute Gasteiger partial charge is 0.0940 e. The van der Waals surface area contributed by atoms with Crippen LogP contribution in [-0.4, -0.2) is 28.9 Å². The molecule has 0 bridgehead atoms. The van der Waals surface area contributed by atoms with E-state index in [4.69, 9.17) is 0 Å². The summed E-state index contributed by atoms with van der Waals surface area (Å²) >= 11 is 0. The lowest BCUT2D eigenvalue weighted by Gasteiger charge is -2.22. The van der Waals surface area contributed by atoms with Gasteiger partial charge in [0, 0.05) is 12.6 Å². The van der Waals surface area contributed by atoms with Gasteiger partial charge in [-0.25, -0.2) is 0 Å². The zero-order valence-electron chi connectivity index (χ0n) is 11.1. The predicted molar refractivity (Wildman–Crippen MR) is 70.0 cm³/mol. The second-order valence-electron chi connectivity index (χ2n) is 4.83. The van der Waals surface area contributed by atoms with E-state index in [0.29, 0.717) is 6.54 Å². The standard InChI is InChI=1S/C14H23NO2/c1-9-5-6-13(7-10(9)2)14(17)12(4)15-8-11(3)16/h5-7,11-12,14-17H,8H2,1-4H3. The van der Waals surface area contributed by atoms with Gasteiger partial charge in [0.05, 0.1) is 12.2 Å². The number of rotatable bonds is 5. The van der Waals surface area contributed by atoms with Crippen molar-refractivity contribution in [1.82, 2.24) is 5.32 Å². The van der Waals surface area contributed by atoms with E-state index in [9.17, 15) is 10.2 Å². The highest BCUT2D eigenvalue weighted by Crippen LogP contribution is 2.19. The summed E-state index contributed by atoms with van der Waals surface area (Å²) in [5.74, 6) is 0. The maximum absolute atomic E-state index is 10.2. The molecule has 1 aromatic carbocycles. The van der Waals surface area contributed by atoms with Gasteiger partial charge in [-0.15, -0.1) is 0 Å². The molecule has 0 amide bonds. The molecule has 1 aromatic rings. The molecule has 0 spiro atoms. The number of nitrogens with one attached hydrogen (secondary N) is 1. The first-order valence-electron chi connectivity index (χ1n) is 6.08. The predicted octanol–water partition coefficient (Wildman–Crippen LogP) is 1.70. The quantitative estimate of drug-likeness (QED) is 0.730. The van der Waals surface area contributed by atoms with Crippen LogP contribution < -0.4 is 5.32 Å². The monoisotopic (exact) mass is 237 g/mol. The third-order valence-electron chi connectivity index (χ3n) is 3.08. The number of aliphatic hydroxyl groups is 2. The van der Waals surface area contributed by atoms with Crippen molar-refractivity contribution in [3.63, 3.8) is 0 Å². The Bertz CT molecular complexity index is 363. The van der Waals surface area contributed by atoms with E-state index in [-0.39, 0.29) is 6.04 Å². The van der Waals surface area contributed by atoms with Gasteiger partial charge in [0.2, 0.25) is 0 Å². The summed E-state index contributed by atoms with van der Waals surface area (Å²) in [6.07, 6.45) is -0.947. The summed E-state index contributed by atoms with van der Waals surface area (Å²) in [6.45, 7) is 8.23. The first-order chi connectivity index (χ1) is 7.91. The number of hydrogen-bond acceptors (Lipinski definition) is 3. The molecule has 0 aliphatic heterocycles. The van der Waals surface area contributed by atoms with Crippen molar-refractivity contribution in [2.75, 3.05) is 6.54 Å². The van der Waals surface area contributed by atoms with Gasteiger partial charge in [0.15, 0.2) is 0 Å². The molecular weight excluding hydrogens is 214 g/mol. The van der Waals surface area contributed by atoms with E-state index in [0.717, 1.165) is 5.56 Å². The summed E-state index contributed by atoms with van der Waals surface area (Å²) in [6, 6.07) is 5.91. The van der Waals surface area contributed by atoms with Crippen LogP contribution in [0.3, 0.4) is 0 Å². The maximum Gasteiger partial charge on any atom is 0.0940 e. The first-order valence-corrected chi connectivity index (χ1v) is 6.08. The molecule has 0 radical (unpaired) electrons. The normalized spacial score (nSPS) is 16.6. The van der Waals surface area contributed by atoms with E-state index >= 15 is 0 Å². The zero-order chi connectivity index (χ0) is 13.0. The summed E-state index contributed by atoms with van der Waals surface area (Å²) in [5.41, 5.74) is 3.33. The first kappa shape index (κ1) is 14.2. The van der Waals surface area contributed by atoms with Crippen LogP contribution >= 0.6 is 0 Å². The highest BCUT2D eigenvalue weighted by molar-refractivity contribution is 5.31. The minimum atomic E-state index is -0.548. The fourth-order valence-corrected chi connectivity index (χ4v) is 1.71. The Balaban J connectivity index is 2.67. The van der Waals surface area contributed by atoms with Gasteiger partial charge in [0.1, 0.15) is 0 Å². The number of benzene rings is 1. The fourth-order valence-electron chi connectivity index (χ4n) is 1.71. The fraction of sp³-hybridized carbons (Fsp3) is 0.571. The number of hydrogen-bond donors (Lipinski definition) is 3. The van der Waals surface area contributed by atoms with Crippen LogP contribution in [0.4, 0.5) is 0 Å². The lowest BCUT2D eigenvalue weighted by molar-refractivity contribution is 0.121. The molecule has 0 saturated heterocycles. The van der Waals surface area contributed by atoms with Crippen molar-refractivity contribution in [1.29, 1.82) is 0 Å². The molecule has 1 rings (SSSR count). The average Bonchev–Trinajstić information content (AvgIpc) is 2.28. The number of aliphatic hydroxyl groups excluding tert-OH is 2. The third kappa shape index (κ3) is 4.11. The van der Waals surface area contributed by atoms with Crippen LogP contribution in [0.2, 0.25) is 0 Å². The van der Waals surface area contributed by atoms with Crippen LogP contribution in [-0.2, 0) is 0 Å². The molecule has 3 unspecified atom stereocenters. The second-order valence-corrected chi connectivity index (χ2v) is 4.83. The molecule has 3 heteroatoms. The van der Waals surface area contributed by atoms with E-state index < -0.39 is 12.2 Å². The van der Waals surface area contributed by atoms with Gasteiger partial charge in [-0.1, -0.05) is 18.2 Å². The van der Waals surface area contributed by atoms with Crippen LogP contribution in [0, 0.1) is 13.8 Å². The van der Waals surface area contributed by atoms with Crippen LogP contribution in [0.25, 0.3) is 0 Å². The molecule has 0 fully saturated rings. The highest BCUT2D eigenvalue weighted by atomic mass is 16.3. The van der Waals surface area contributed by atoms with Gasteiger partial charge >= 0.3 is 0 Å². The highest BCUT2D eigenvalue weighted by Gasteiger charge is 2.16. The van der Waals surface area contributed by atoms with Crippen molar-refractivity contribution < 1.29 is 10.2 Å². The summed E-state index contributed by atoms with van der Waals surface area (Å²) in [5, 5.41) is 22.5. The molecule has 3 nitrogen and oxygen atoms in total. The van der Waals surface area contributed by atoms with E-state index in [1.807, 2.05) is 32.0 Å². The molecule has 96 valence electrons. The van der Waals surface area contributed by atoms with Crippen LogP contribution in [0.15, 0.2) is 18.2 Å². The lowest BCUT2D eigenvalue weighted by Crippen LogP contribution is -2.36. The van der Waals surface area contributed by atoms with Crippen molar-refractivity contribution in [3.05, 3.63) is 34.9 Å². The Labute approximate surface area is 103 Å². The Morgan fingerprint density at radius 3 is 2.29 bits per heavy atom. The lowest BCUT2D eigenvalue weighted by atomic mass is 9.99. The molecule has 0 heterocycles. The van der Waals surface area contributed by atoms with Gasteiger partial charge in [0.25, 0.3) is 0 Å². The van der Waals surface area contributed by atoms with E-state index in [1.54, 1.807) is 6.92 Å². The van der Waals surface area contributed by atoms with E-state index in [2.05, 4.69) is 12.2 Å².